The summed E-state index contributed by atoms with van der Waals surface area (Å²) in [6, 6.07) is 25.3. The Kier molecular flexibility index (Phi) is 11.7. The van der Waals surface area contributed by atoms with E-state index in [1.165, 1.54) is 35.2 Å². The molecule has 246 valence electrons. The van der Waals surface area contributed by atoms with Crippen LogP contribution in [0.3, 0.4) is 0 Å². The maximum Gasteiger partial charge on any atom is 0.264 e. The fourth-order valence-electron chi connectivity index (χ4n) is 5.69. The van der Waals surface area contributed by atoms with E-state index in [9.17, 15) is 18.0 Å². The number of benzene rings is 4. The third kappa shape index (κ3) is 9.00. The molecule has 2 amide bonds. The van der Waals surface area contributed by atoms with Gasteiger partial charge < -0.3 is 10.2 Å². The van der Waals surface area contributed by atoms with Crippen molar-refractivity contribution in [3.8, 4) is 0 Å². The Bertz CT molecular complexity index is 1800. The number of nitrogens with zero attached hydrogens (tertiary/aromatic N) is 2. The van der Waals surface area contributed by atoms with Crippen LogP contribution in [-0.2, 0) is 32.6 Å². The molecule has 1 aliphatic rings. The third-order valence-electron chi connectivity index (χ3n) is 8.07. The summed E-state index contributed by atoms with van der Waals surface area (Å²) in [5.74, 6) is -0.962. The molecule has 0 aromatic heterocycles. The van der Waals surface area contributed by atoms with Gasteiger partial charge in [-0.1, -0.05) is 114 Å². The average Bonchev–Trinajstić information content (AvgIpc) is 3.55. The lowest BCUT2D eigenvalue weighted by atomic mass is 10.0. The van der Waals surface area contributed by atoms with E-state index in [4.69, 9.17) is 46.4 Å². The number of carbonyl (C=O) groups excluding carboxylic acids is 2. The minimum atomic E-state index is -4.30. The summed E-state index contributed by atoms with van der Waals surface area (Å²) in [7, 11) is -4.30. The number of rotatable bonds is 12. The van der Waals surface area contributed by atoms with Crippen LogP contribution in [0.25, 0.3) is 0 Å². The van der Waals surface area contributed by atoms with Crippen LogP contribution >= 0.6 is 46.4 Å². The first-order valence-electron chi connectivity index (χ1n) is 15.1. The van der Waals surface area contributed by atoms with Gasteiger partial charge in [0.15, 0.2) is 0 Å². The van der Waals surface area contributed by atoms with E-state index in [0.29, 0.717) is 15.6 Å². The fraction of sp³-hybridized carbons (Fsp3) is 0.257. The first kappa shape index (κ1) is 35.0. The predicted octanol–water partition coefficient (Wildman–Crippen LogP) is 8.19. The first-order chi connectivity index (χ1) is 22.5. The van der Waals surface area contributed by atoms with E-state index >= 15 is 0 Å². The van der Waals surface area contributed by atoms with E-state index in [1.54, 1.807) is 36.4 Å². The van der Waals surface area contributed by atoms with Crippen molar-refractivity contribution < 1.29 is 18.0 Å². The highest BCUT2D eigenvalue weighted by atomic mass is 35.5. The zero-order chi connectivity index (χ0) is 33.6. The van der Waals surface area contributed by atoms with Crippen molar-refractivity contribution >= 4 is 73.9 Å². The van der Waals surface area contributed by atoms with Gasteiger partial charge in [0.05, 0.1) is 10.6 Å². The molecule has 5 rings (SSSR count). The number of hydrogen-bond donors (Lipinski definition) is 1. The molecule has 7 nitrogen and oxygen atoms in total. The molecule has 1 aliphatic carbocycles. The highest BCUT2D eigenvalue weighted by Gasteiger charge is 2.36. The first-order valence-corrected chi connectivity index (χ1v) is 18.1. The molecule has 1 atom stereocenters. The van der Waals surface area contributed by atoms with Crippen molar-refractivity contribution in [2.75, 3.05) is 10.8 Å². The monoisotopic (exact) mass is 731 g/mol. The van der Waals surface area contributed by atoms with Crippen LogP contribution in [0.2, 0.25) is 20.1 Å². The Hall–Kier alpha value is -3.27. The number of carbonyl (C=O) groups is 2. The molecule has 0 aliphatic heterocycles. The number of halogens is 4. The molecule has 1 fully saturated rings. The van der Waals surface area contributed by atoms with Crippen LogP contribution in [0.1, 0.15) is 36.8 Å². The lowest BCUT2D eigenvalue weighted by molar-refractivity contribution is -0.140. The normalized spacial score (nSPS) is 14.0. The van der Waals surface area contributed by atoms with Gasteiger partial charge in [0.2, 0.25) is 11.8 Å². The number of anilines is 1. The Labute approximate surface area is 295 Å². The van der Waals surface area contributed by atoms with Crippen molar-refractivity contribution in [3.05, 3.63) is 128 Å². The number of sulfonamides is 1. The third-order valence-corrected chi connectivity index (χ3v) is 10.9. The summed E-state index contributed by atoms with van der Waals surface area (Å²) in [6.45, 7) is -0.735. The Morgan fingerprint density at radius 1 is 0.787 bits per heavy atom. The summed E-state index contributed by atoms with van der Waals surface area (Å²) in [5.41, 5.74) is 1.47. The highest BCUT2D eigenvalue weighted by molar-refractivity contribution is 7.92. The molecule has 0 heterocycles. The largest absolute Gasteiger partial charge is 0.352 e. The minimum absolute atomic E-state index is 0.0135. The van der Waals surface area contributed by atoms with Gasteiger partial charge >= 0.3 is 0 Å². The van der Waals surface area contributed by atoms with Crippen LogP contribution in [-0.4, -0.2) is 43.8 Å². The van der Waals surface area contributed by atoms with Crippen LogP contribution < -0.4 is 9.62 Å². The van der Waals surface area contributed by atoms with Gasteiger partial charge in [0.25, 0.3) is 10.0 Å². The van der Waals surface area contributed by atoms with E-state index in [1.807, 2.05) is 30.3 Å². The van der Waals surface area contributed by atoms with Gasteiger partial charge in [-0.15, -0.1) is 0 Å². The average molecular weight is 734 g/mol. The van der Waals surface area contributed by atoms with Crippen LogP contribution in [0.4, 0.5) is 5.69 Å². The Morgan fingerprint density at radius 2 is 1.40 bits per heavy atom. The lowest BCUT2D eigenvalue weighted by Crippen LogP contribution is -2.54. The standard InChI is InChI=1S/C35H33Cl4N3O4S/c36-26-16-15-25(32(39)21-26)22-41(33(17-24-9-3-1-4-10-24)35(44)40-29-11-7-8-12-29)34(43)23-42(30-19-27(37)18-28(38)20-30)47(45,46)31-13-5-2-6-14-31/h1-6,9-10,13-16,18-21,29,33H,7-8,11-12,17,22-23H2,(H,40,44)/t33-/m1/s1. The Morgan fingerprint density at radius 3 is 2.02 bits per heavy atom. The van der Waals surface area contributed by atoms with Crippen molar-refractivity contribution in [3.63, 3.8) is 0 Å². The van der Waals surface area contributed by atoms with Crippen molar-refractivity contribution in [2.24, 2.45) is 0 Å². The smallest absolute Gasteiger partial charge is 0.264 e. The summed E-state index contributed by atoms with van der Waals surface area (Å²) in [6.07, 6.45) is 3.89. The molecule has 0 radical (unpaired) electrons. The van der Waals surface area contributed by atoms with Gasteiger partial charge in [-0.25, -0.2) is 8.42 Å². The van der Waals surface area contributed by atoms with Gasteiger partial charge in [0.1, 0.15) is 12.6 Å². The zero-order valence-electron chi connectivity index (χ0n) is 25.3. The lowest BCUT2D eigenvalue weighted by Gasteiger charge is -2.34. The second kappa shape index (κ2) is 15.8. The second-order valence-corrected chi connectivity index (χ2v) is 15.0. The summed E-state index contributed by atoms with van der Waals surface area (Å²) in [4.78, 5) is 30.1. The van der Waals surface area contributed by atoms with Crippen LogP contribution in [0, 0.1) is 0 Å². The molecule has 0 bridgehead atoms. The van der Waals surface area contributed by atoms with Gasteiger partial charge in [-0.05, 0) is 66.4 Å². The zero-order valence-corrected chi connectivity index (χ0v) is 29.1. The SMILES string of the molecule is O=C(NC1CCCC1)[C@@H](Cc1ccccc1)N(Cc1ccc(Cl)cc1Cl)C(=O)CN(c1cc(Cl)cc(Cl)c1)S(=O)(=O)c1ccccc1. The molecule has 12 heteroatoms. The number of amides is 2. The second-order valence-electron chi connectivity index (χ2n) is 11.4. The van der Waals surface area contributed by atoms with Crippen molar-refractivity contribution in [2.45, 2.75) is 55.6 Å². The number of hydrogen-bond acceptors (Lipinski definition) is 4. The van der Waals surface area contributed by atoms with Crippen molar-refractivity contribution in [1.82, 2.24) is 10.2 Å². The Balaban J connectivity index is 1.60. The highest BCUT2D eigenvalue weighted by Crippen LogP contribution is 2.31. The van der Waals surface area contributed by atoms with E-state index in [-0.39, 0.29) is 45.5 Å². The van der Waals surface area contributed by atoms with Crippen molar-refractivity contribution in [1.29, 1.82) is 0 Å². The van der Waals surface area contributed by atoms with Gasteiger partial charge in [-0.2, -0.15) is 0 Å². The van der Waals surface area contributed by atoms with E-state index < -0.39 is 28.5 Å². The molecule has 4 aromatic carbocycles. The number of nitrogens with one attached hydrogen (secondary N) is 1. The van der Waals surface area contributed by atoms with Gasteiger partial charge in [-0.3, -0.25) is 13.9 Å². The molecular weight excluding hydrogens is 700 g/mol. The summed E-state index contributed by atoms with van der Waals surface area (Å²) in [5, 5.41) is 4.25. The molecule has 0 saturated heterocycles. The molecule has 47 heavy (non-hydrogen) atoms. The molecule has 4 aromatic rings. The maximum absolute atomic E-state index is 14.6. The van der Waals surface area contributed by atoms with E-state index in [2.05, 4.69) is 5.32 Å². The van der Waals surface area contributed by atoms with E-state index in [0.717, 1.165) is 35.6 Å². The van der Waals surface area contributed by atoms with Crippen LogP contribution in [0.15, 0.2) is 102 Å². The minimum Gasteiger partial charge on any atom is -0.352 e. The molecule has 0 spiro atoms. The maximum atomic E-state index is 14.6. The summed E-state index contributed by atoms with van der Waals surface area (Å²) >= 11 is 25.4. The summed E-state index contributed by atoms with van der Waals surface area (Å²) < 4.78 is 29.3. The molecular formula is C35H33Cl4N3O4S. The quantitative estimate of drug-likeness (QED) is 0.159. The molecule has 1 N–H and O–H groups in total. The molecule has 0 unspecified atom stereocenters. The van der Waals surface area contributed by atoms with Crippen LogP contribution in [0.5, 0.6) is 0 Å². The fourth-order valence-corrected chi connectivity index (χ4v) is 8.09. The van der Waals surface area contributed by atoms with Gasteiger partial charge in [0, 0.05) is 39.1 Å². The molecule has 1 saturated carbocycles. The predicted molar refractivity (Wildman–Crippen MR) is 189 cm³/mol. The topological polar surface area (TPSA) is 86.8 Å².